The normalized spacial score (nSPS) is 16.3. The SMILES string of the molecule is NC(=O)c1ccc(N(CCO)C2CCCCC2)nc1. The minimum Gasteiger partial charge on any atom is -0.395 e. The fourth-order valence-electron chi connectivity index (χ4n) is 2.69. The zero-order valence-electron chi connectivity index (χ0n) is 11.1. The molecule has 0 spiro atoms. The van der Waals surface area contributed by atoms with E-state index in [9.17, 15) is 9.90 Å². The van der Waals surface area contributed by atoms with Crippen LogP contribution in [-0.2, 0) is 0 Å². The summed E-state index contributed by atoms with van der Waals surface area (Å²) in [5, 5.41) is 9.23. The molecule has 2 rings (SSSR count). The van der Waals surface area contributed by atoms with Crippen LogP contribution in [0.15, 0.2) is 18.3 Å². The summed E-state index contributed by atoms with van der Waals surface area (Å²) >= 11 is 0. The average molecular weight is 263 g/mol. The van der Waals surface area contributed by atoms with Crippen molar-refractivity contribution in [3.63, 3.8) is 0 Å². The van der Waals surface area contributed by atoms with E-state index in [4.69, 9.17) is 5.73 Å². The van der Waals surface area contributed by atoms with Crippen LogP contribution < -0.4 is 10.6 Å². The van der Waals surface area contributed by atoms with Crippen molar-refractivity contribution in [3.05, 3.63) is 23.9 Å². The number of anilines is 1. The standard InChI is InChI=1S/C14H21N3O2/c15-14(19)11-6-7-13(16-10-11)17(8-9-18)12-4-2-1-3-5-12/h6-7,10,12,18H,1-5,8-9H2,(H2,15,19). The van der Waals surface area contributed by atoms with Crippen LogP contribution in [0, 0.1) is 0 Å². The highest BCUT2D eigenvalue weighted by atomic mass is 16.3. The Morgan fingerprint density at radius 2 is 2.11 bits per heavy atom. The van der Waals surface area contributed by atoms with Crippen LogP contribution in [0.3, 0.4) is 0 Å². The van der Waals surface area contributed by atoms with E-state index in [0.29, 0.717) is 18.2 Å². The van der Waals surface area contributed by atoms with Gasteiger partial charge in [0.15, 0.2) is 0 Å². The quantitative estimate of drug-likeness (QED) is 0.839. The molecule has 0 aromatic carbocycles. The van der Waals surface area contributed by atoms with Crippen LogP contribution in [0.5, 0.6) is 0 Å². The third kappa shape index (κ3) is 3.44. The zero-order chi connectivity index (χ0) is 13.7. The molecule has 1 amide bonds. The molecule has 1 heterocycles. The van der Waals surface area contributed by atoms with Crippen molar-refractivity contribution in [3.8, 4) is 0 Å². The number of hydrogen-bond donors (Lipinski definition) is 2. The van der Waals surface area contributed by atoms with E-state index in [2.05, 4.69) is 9.88 Å². The van der Waals surface area contributed by atoms with Crippen molar-refractivity contribution in [2.45, 2.75) is 38.1 Å². The fraction of sp³-hybridized carbons (Fsp3) is 0.571. The van der Waals surface area contributed by atoms with Gasteiger partial charge in [0.05, 0.1) is 12.2 Å². The van der Waals surface area contributed by atoms with Crippen molar-refractivity contribution in [1.82, 2.24) is 4.98 Å². The molecule has 0 unspecified atom stereocenters. The summed E-state index contributed by atoms with van der Waals surface area (Å²) in [4.78, 5) is 17.5. The third-order valence-corrected chi connectivity index (χ3v) is 3.68. The number of carbonyl (C=O) groups is 1. The molecule has 1 aliphatic rings. The van der Waals surface area contributed by atoms with Gasteiger partial charge in [-0.1, -0.05) is 19.3 Å². The van der Waals surface area contributed by atoms with Gasteiger partial charge in [-0.25, -0.2) is 4.98 Å². The van der Waals surface area contributed by atoms with E-state index in [1.807, 2.05) is 6.07 Å². The predicted molar refractivity (Wildman–Crippen MR) is 74.1 cm³/mol. The summed E-state index contributed by atoms with van der Waals surface area (Å²) < 4.78 is 0. The number of hydrogen-bond acceptors (Lipinski definition) is 4. The highest BCUT2D eigenvalue weighted by molar-refractivity contribution is 5.92. The largest absolute Gasteiger partial charge is 0.395 e. The van der Waals surface area contributed by atoms with Gasteiger partial charge in [0, 0.05) is 18.8 Å². The molecule has 0 bridgehead atoms. The topological polar surface area (TPSA) is 79.5 Å². The number of nitrogens with two attached hydrogens (primary N) is 1. The molecule has 0 saturated heterocycles. The second kappa shape index (κ2) is 6.52. The first-order chi connectivity index (χ1) is 9.22. The highest BCUT2D eigenvalue weighted by Gasteiger charge is 2.21. The molecule has 1 aliphatic carbocycles. The number of aliphatic hydroxyl groups excluding tert-OH is 1. The molecule has 1 aromatic rings. The third-order valence-electron chi connectivity index (χ3n) is 3.68. The number of pyridine rings is 1. The summed E-state index contributed by atoms with van der Waals surface area (Å²) in [6.07, 6.45) is 7.53. The smallest absolute Gasteiger partial charge is 0.250 e. The summed E-state index contributed by atoms with van der Waals surface area (Å²) in [6.45, 7) is 0.684. The van der Waals surface area contributed by atoms with Crippen molar-refractivity contribution in [2.24, 2.45) is 5.73 Å². The van der Waals surface area contributed by atoms with Gasteiger partial charge in [-0.3, -0.25) is 4.79 Å². The number of aliphatic hydroxyl groups is 1. The molecular formula is C14H21N3O2. The number of nitrogens with zero attached hydrogens (tertiary/aromatic N) is 2. The minimum atomic E-state index is -0.467. The Hall–Kier alpha value is -1.62. The Morgan fingerprint density at radius 1 is 1.37 bits per heavy atom. The lowest BCUT2D eigenvalue weighted by molar-refractivity contribution is 0.1000. The molecule has 0 radical (unpaired) electrons. The van der Waals surface area contributed by atoms with Gasteiger partial charge in [-0.05, 0) is 25.0 Å². The molecule has 5 nitrogen and oxygen atoms in total. The average Bonchev–Trinajstić information content (AvgIpc) is 2.46. The van der Waals surface area contributed by atoms with Crippen molar-refractivity contribution in [2.75, 3.05) is 18.1 Å². The summed E-state index contributed by atoms with van der Waals surface area (Å²) in [5.41, 5.74) is 5.62. The first-order valence-electron chi connectivity index (χ1n) is 6.85. The Morgan fingerprint density at radius 3 is 2.63 bits per heavy atom. The maximum absolute atomic E-state index is 11.0. The van der Waals surface area contributed by atoms with E-state index >= 15 is 0 Å². The van der Waals surface area contributed by atoms with E-state index in [1.54, 1.807) is 6.07 Å². The maximum Gasteiger partial charge on any atom is 0.250 e. The lowest BCUT2D eigenvalue weighted by atomic mass is 9.94. The van der Waals surface area contributed by atoms with Crippen LogP contribution in [0.1, 0.15) is 42.5 Å². The fourth-order valence-corrected chi connectivity index (χ4v) is 2.69. The van der Waals surface area contributed by atoms with Crippen LogP contribution in [0.2, 0.25) is 0 Å². The van der Waals surface area contributed by atoms with Gasteiger partial charge >= 0.3 is 0 Å². The second-order valence-corrected chi connectivity index (χ2v) is 4.98. The zero-order valence-corrected chi connectivity index (χ0v) is 11.1. The van der Waals surface area contributed by atoms with Gasteiger partial charge in [0.2, 0.25) is 5.91 Å². The van der Waals surface area contributed by atoms with Crippen molar-refractivity contribution >= 4 is 11.7 Å². The Bertz CT molecular complexity index is 413. The molecular weight excluding hydrogens is 242 g/mol. The van der Waals surface area contributed by atoms with Gasteiger partial charge < -0.3 is 15.7 Å². The van der Waals surface area contributed by atoms with E-state index < -0.39 is 5.91 Å². The first-order valence-corrected chi connectivity index (χ1v) is 6.85. The first kappa shape index (κ1) is 13.8. The Kier molecular flexibility index (Phi) is 4.74. The number of primary amides is 1. The summed E-state index contributed by atoms with van der Waals surface area (Å²) in [6, 6.07) is 3.94. The lowest BCUT2D eigenvalue weighted by Gasteiger charge is -2.34. The molecule has 5 heteroatoms. The lowest BCUT2D eigenvalue weighted by Crippen LogP contribution is -2.39. The highest BCUT2D eigenvalue weighted by Crippen LogP contribution is 2.26. The maximum atomic E-state index is 11.0. The molecule has 1 saturated carbocycles. The van der Waals surface area contributed by atoms with Gasteiger partial charge in [-0.15, -0.1) is 0 Å². The van der Waals surface area contributed by atoms with E-state index in [0.717, 1.165) is 18.7 Å². The molecule has 0 atom stereocenters. The van der Waals surface area contributed by atoms with Crippen LogP contribution in [-0.4, -0.2) is 35.2 Å². The number of aromatic nitrogens is 1. The monoisotopic (exact) mass is 263 g/mol. The predicted octanol–water partition coefficient (Wildman–Crippen LogP) is 1.31. The number of carbonyl (C=O) groups excluding carboxylic acids is 1. The Labute approximate surface area is 113 Å². The molecule has 1 aromatic heterocycles. The second-order valence-electron chi connectivity index (χ2n) is 4.98. The van der Waals surface area contributed by atoms with Gasteiger partial charge in [-0.2, -0.15) is 0 Å². The number of amides is 1. The van der Waals surface area contributed by atoms with E-state index in [1.165, 1.54) is 25.5 Å². The van der Waals surface area contributed by atoms with Gasteiger partial charge in [0.1, 0.15) is 5.82 Å². The van der Waals surface area contributed by atoms with Crippen LogP contribution in [0.25, 0.3) is 0 Å². The Balaban J connectivity index is 2.15. The van der Waals surface area contributed by atoms with Crippen LogP contribution >= 0.6 is 0 Å². The minimum absolute atomic E-state index is 0.107. The molecule has 104 valence electrons. The van der Waals surface area contributed by atoms with E-state index in [-0.39, 0.29) is 6.61 Å². The summed E-state index contributed by atoms with van der Waals surface area (Å²) in [5.74, 6) is 0.344. The van der Waals surface area contributed by atoms with Crippen molar-refractivity contribution in [1.29, 1.82) is 0 Å². The van der Waals surface area contributed by atoms with Crippen LogP contribution in [0.4, 0.5) is 5.82 Å². The molecule has 3 N–H and O–H groups in total. The van der Waals surface area contributed by atoms with Crippen molar-refractivity contribution < 1.29 is 9.90 Å². The number of rotatable bonds is 5. The molecule has 1 fully saturated rings. The van der Waals surface area contributed by atoms with Gasteiger partial charge in [0.25, 0.3) is 0 Å². The molecule has 19 heavy (non-hydrogen) atoms. The summed E-state index contributed by atoms with van der Waals surface area (Å²) in [7, 11) is 0. The molecule has 0 aliphatic heterocycles.